The van der Waals surface area contributed by atoms with Gasteiger partial charge in [0.2, 0.25) is 0 Å². The topological polar surface area (TPSA) is 16.1 Å². The highest BCUT2D eigenvalue weighted by atomic mass is 19.2. The molecule has 110 valence electrons. The lowest BCUT2D eigenvalue weighted by molar-refractivity contribution is 0.443. The molecular formula is C17H18F2N2. The molecule has 1 aromatic rings. The zero-order valence-electron chi connectivity index (χ0n) is 12.2. The third-order valence-electron chi connectivity index (χ3n) is 3.34. The van der Waals surface area contributed by atoms with E-state index >= 15 is 0 Å². The van der Waals surface area contributed by atoms with Gasteiger partial charge in [-0.15, -0.1) is 0 Å². The van der Waals surface area contributed by atoms with Crippen molar-refractivity contribution in [3.63, 3.8) is 0 Å². The van der Waals surface area contributed by atoms with Crippen molar-refractivity contribution in [2.45, 2.75) is 6.92 Å². The molecular weight excluding hydrogens is 270 g/mol. The number of aryl methyl sites for hydroxylation is 1. The van der Waals surface area contributed by atoms with E-state index in [-0.39, 0.29) is 5.92 Å². The third-order valence-corrected chi connectivity index (χ3v) is 3.34. The molecule has 1 atom stereocenters. The summed E-state index contributed by atoms with van der Waals surface area (Å²) in [4.78, 5) is 6.06. The van der Waals surface area contributed by atoms with E-state index < -0.39 is 11.7 Å². The standard InChI is InChI=1S/C17H18F2N2/c1-12-7-15(10-20-9-12)13(2)21(3)11-14-5-4-6-16(18)17(19)8-14/h4-10,14H,2,11H2,1,3H3. The number of allylic oxidation sites excluding steroid dienone is 4. The van der Waals surface area contributed by atoms with E-state index in [4.69, 9.17) is 0 Å². The Kier molecular flexibility index (Phi) is 4.68. The number of nitrogens with zero attached hydrogens (tertiary/aromatic N) is 2. The van der Waals surface area contributed by atoms with Gasteiger partial charge in [0.05, 0.1) is 0 Å². The maximum Gasteiger partial charge on any atom is 0.158 e. The Balaban J connectivity index is 2.08. The highest BCUT2D eigenvalue weighted by Crippen LogP contribution is 2.23. The molecule has 1 heterocycles. The van der Waals surface area contributed by atoms with Gasteiger partial charge in [0, 0.05) is 43.2 Å². The van der Waals surface area contributed by atoms with Crippen molar-refractivity contribution in [3.05, 3.63) is 72.1 Å². The Morgan fingerprint density at radius 1 is 1.33 bits per heavy atom. The van der Waals surface area contributed by atoms with Crippen LogP contribution in [0.5, 0.6) is 0 Å². The van der Waals surface area contributed by atoms with Crippen molar-refractivity contribution < 1.29 is 8.78 Å². The van der Waals surface area contributed by atoms with E-state index in [1.165, 1.54) is 12.2 Å². The summed E-state index contributed by atoms with van der Waals surface area (Å²) < 4.78 is 26.6. The fourth-order valence-corrected chi connectivity index (χ4v) is 2.16. The lowest BCUT2D eigenvalue weighted by atomic mass is 10.1. The van der Waals surface area contributed by atoms with E-state index in [9.17, 15) is 8.78 Å². The predicted octanol–water partition coefficient (Wildman–Crippen LogP) is 4.19. The normalized spacial score (nSPS) is 17.8. The Labute approximate surface area is 123 Å². The molecule has 4 heteroatoms. The molecule has 0 aromatic carbocycles. The van der Waals surface area contributed by atoms with Crippen LogP contribution in [0.1, 0.15) is 11.1 Å². The monoisotopic (exact) mass is 288 g/mol. The summed E-state index contributed by atoms with van der Waals surface area (Å²) in [5, 5.41) is 0. The summed E-state index contributed by atoms with van der Waals surface area (Å²) >= 11 is 0. The van der Waals surface area contributed by atoms with Crippen molar-refractivity contribution >= 4 is 5.70 Å². The van der Waals surface area contributed by atoms with E-state index in [0.29, 0.717) is 6.54 Å². The SMILES string of the molecule is C=C(c1cncc(C)c1)N(C)CC1C=CC=C(F)C(F)=C1. The molecule has 0 spiro atoms. The summed E-state index contributed by atoms with van der Waals surface area (Å²) in [5.41, 5.74) is 2.77. The summed E-state index contributed by atoms with van der Waals surface area (Å²) in [7, 11) is 1.87. The van der Waals surface area contributed by atoms with Crippen LogP contribution >= 0.6 is 0 Å². The van der Waals surface area contributed by atoms with Gasteiger partial charge in [-0.1, -0.05) is 18.7 Å². The number of aromatic nitrogens is 1. The first-order chi connectivity index (χ1) is 9.97. The van der Waals surface area contributed by atoms with E-state index in [2.05, 4.69) is 11.6 Å². The van der Waals surface area contributed by atoms with Gasteiger partial charge in [0.1, 0.15) is 0 Å². The minimum atomic E-state index is -0.835. The Hall–Kier alpha value is -2.23. The number of rotatable bonds is 4. The van der Waals surface area contributed by atoms with Crippen LogP contribution < -0.4 is 0 Å². The second-order valence-electron chi connectivity index (χ2n) is 5.16. The molecule has 0 fully saturated rings. The van der Waals surface area contributed by atoms with Crippen molar-refractivity contribution in [3.8, 4) is 0 Å². The molecule has 0 radical (unpaired) electrons. The molecule has 0 saturated carbocycles. The van der Waals surface area contributed by atoms with E-state index in [1.807, 2.05) is 24.9 Å². The van der Waals surface area contributed by atoms with Gasteiger partial charge in [-0.3, -0.25) is 4.98 Å². The number of halogens is 2. The molecule has 0 aliphatic heterocycles. The van der Waals surface area contributed by atoms with E-state index in [0.717, 1.165) is 22.9 Å². The molecule has 0 saturated heterocycles. The van der Waals surface area contributed by atoms with Gasteiger partial charge in [-0.25, -0.2) is 8.78 Å². The summed E-state index contributed by atoms with van der Waals surface area (Å²) in [6, 6.07) is 1.99. The lowest BCUT2D eigenvalue weighted by Gasteiger charge is -2.24. The van der Waals surface area contributed by atoms with Crippen LogP contribution in [0.4, 0.5) is 8.78 Å². The second kappa shape index (κ2) is 6.48. The molecule has 1 aliphatic rings. The first-order valence-corrected chi connectivity index (χ1v) is 6.71. The summed E-state index contributed by atoms with van der Waals surface area (Å²) in [5.74, 6) is -1.87. The van der Waals surface area contributed by atoms with Crippen LogP contribution in [0.2, 0.25) is 0 Å². The largest absolute Gasteiger partial charge is 0.374 e. The fraction of sp³-hybridized carbons (Fsp3) is 0.235. The van der Waals surface area contributed by atoms with Crippen molar-refractivity contribution in [1.82, 2.24) is 9.88 Å². The molecule has 2 nitrogen and oxygen atoms in total. The van der Waals surface area contributed by atoms with Gasteiger partial charge in [0.15, 0.2) is 11.7 Å². The van der Waals surface area contributed by atoms with Crippen LogP contribution in [0.25, 0.3) is 5.70 Å². The zero-order chi connectivity index (χ0) is 15.4. The number of hydrogen-bond acceptors (Lipinski definition) is 2. The molecule has 0 N–H and O–H groups in total. The average Bonchev–Trinajstić information content (AvgIpc) is 2.60. The lowest BCUT2D eigenvalue weighted by Crippen LogP contribution is -2.22. The maximum absolute atomic E-state index is 13.4. The van der Waals surface area contributed by atoms with Gasteiger partial charge < -0.3 is 4.90 Å². The minimum absolute atomic E-state index is 0.214. The summed E-state index contributed by atoms with van der Waals surface area (Å²) in [6.07, 6.45) is 9.24. The van der Waals surface area contributed by atoms with Crippen molar-refractivity contribution in [2.24, 2.45) is 5.92 Å². The van der Waals surface area contributed by atoms with Crippen LogP contribution in [-0.4, -0.2) is 23.5 Å². The second-order valence-corrected chi connectivity index (χ2v) is 5.16. The highest BCUT2D eigenvalue weighted by molar-refractivity contribution is 5.61. The Morgan fingerprint density at radius 2 is 2.10 bits per heavy atom. The van der Waals surface area contributed by atoms with Gasteiger partial charge in [-0.05, 0) is 30.7 Å². The van der Waals surface area contributed by atoms with Gasteiger partial charge >= 0.3 is 0 Å². The molecule has 1 aromatic heterocycles. The van der Waals surface area contributed by atoms with Crippen LogP contribution in [-0.2, 0) is 0 Å². The smallest absolute Gasteiger partial charge is 0.158 e. The van der Waals surface area contributed by atoms with Gasteiger partial charge in [0.25, 0.3) is 0 Å². The van der Waals surface area contributed by atoms with Gasteiger partial charge in [-0.2, -0.15) is 0 Å². The molecule has 1 aliphatic carbocycles. The van der Waals surface area contributed by atoms with E-state index in [1.54, 1.807) is 18.5 Å². The van der Waals surface area contributed by atoms with Crippen molar-refractivity contribution in [1.29, 1.82) is 0 Å². The predicted molar refractivity (Wildman–Crippen MR) is 81.7 cm³/mol. The molecule has 21 heavy (non-hydrogen) atoms. The molecule has 2 rings (SSSR count). The Morgan fingerprint density at radius 3 is 2.81 bits per heavy atom. The molecule has 0 bridgehead atoms. The molecule has 1 unspecified atom stereocenters. The highest BCUT2D eigenvalue weighted by Gasteiger charge is 2.14. The minimum Gasteiger partial charge on any atom is -0.374 e. The average molecular weight is 288 g/mol. The van der Waals surface area contributed by atoms with Crippen LogP contribution in [0.15, 0.2) is 61.0 Å². The zero-order valence-corrected chi connectivity index (χ0v) is 12.2. The fourth-order valence-electron chi connectivity index (χ4n) is 2.16. The third kappa shape index (κ3) is 3.88. The van der Waals surface area contributed by atoms with Crippen LogP contribution in [0, 0.1) is 12.8 Å². The van der Waals surface area contributed by atoms with Crippen molar-refractivity contribution in [2.75, 3.05) is 13.6 Å². The Bertz CT molecular complexity index is 629. The summed E-state index contributed by atoms with van der Waals surface area (Å²) in [6.45, 7) is 6.52. The maximum atomic E-state index is 13.4. The number of pyridine rings is 1. The first kappa shape index (κ1) is 15.2. The van der Waals surface area contributed by atoms with Crippen LogP contribution in [0.3, 0.4) is 0 Å². The number of hydrogen-bond donors (Lipinski definition) is 0. The first-order valence-electron chi connectivity index (χ1n) is 6.71. The quantitative estimate of drug-likeness (QED) is 0.826. The molecule has 0 amide bonds.